The second-order valence-corrected chi connectivity index (χ2v) is 4.72. The normalized spacial score (nSPS) is 10.8. The fourth-order valence-electron chi connectivity index (χ4n) is 1.36. The maximum absolute atomic E-state index is 11.7. The van der Waals surface area contributed by atoms with Crippen molar-refractivity contribution in [2.45, 2.75) is 20.3 Å². The molecule has 1 aromatic carbocycles. The third-order valence-corrected chi connectivity index (χ3v) is 2.53. The number of carbonyl (C=O) groups excluding carboxylic acids is 1. The molecule has 1 amide bonds. The number of allylic oxidation sites excluding steroid dienone is 1. The van der Waals surface area contributed by atoms with Gasteiger partial charge in [0.1, 0.15) is 0 Å². The Morgan fingerprint density at radius 1 is 1.44 bits per heavy atom. The van der Waals surface area contributed by atoms with E-state index in [0.717, 1.165) is 0 Å². The van der Waals surface area contributed by atoms with Crippen LogP contribution in [0.25, 0.3) is 0 Å². The molecule has 1 N–H and O–H groups in total. The first-order valence-corrected chi connectivity index (χ1v) is 5.52. The van der Waals surface area contributed by atoms with Crippen molar-refractivity contribution in [3.63, 3.8) is 0 Å². The first-order valence-electron chi connectivity index (χ1n) is 5.52. The lowest BCUT2D eigenvalue weighted by Gasteiger charge is -2.18. The molecule has 1 aromatic rings. The van der Waals surface area contributed by atoms with E-state index < -0.39 is 4.92 Å². The summed E-state index contributed by atoms with van der Waals surface area (Å²) < 4.78 is 0. The van der Waals surface area contributed by atoms with Crippen LogP contribution in [0, 0.1) is 15.5 Å². The van der Waals surface area contributed by atoms with E-state index in [1.807, 2.05) is 13.8 Å². The standard InChI is InChI=1S/C13H16N2O3/c1-4-13(2,3)9-12(16)14-10-5-7-11(8-6-10)15(17)18/h4-8H,1,9H2,2-3H3,(H,14,16). The fourth-order valence-corrected chi connectivity index (χ4v) is 1.36. The summed E-state index contributed by atoms with van der Waals surface area (Å²) in [6.45, 7) is 7.49. The van der Waals surface area contributed by atoms with Gasteiger partial charge in [-0.2, -0.15) is 0 Å². The van der Waals surface area contributed by atoms with Crippen molar-refractivity contribution in [3.8, 4) is 0 Å². The first kappa shape index (κ1) is 13.9. The van der Waals surface area contributed by atoms with Gasteiger partial charge in [-0.1, -0.05) is 19.9 Å². The average Bonchev–Trinajstić information content (AvgIpc) is 2.29. The molecule has 0 aliphatic carbocycles. The van der Waals surface area contributed by atoms with Crippen LogP contribution in [0.2, 0.25) is 0 Å². The molecule has 18 heavy (non-hydrogen) atoms. The zero-order chi connectivity index (χ0) is 13.8. The SMILES string of the molecule is C=CC(C)(C)CC(=O)Nc1ccc([N+](=O)[O-])cc1. The van der Waals surface area contributed by atoms with Crippen molar-refractivity contribution in [2.75, 3.05) is 5.32 Å². The zero-order valence-corrected chi connectivity index (χ0v) is 10.5. The first-order chi connectivity index (χ1) is 8.34. The lowest BCUT2D eigenvalue weighted by molar-refractivity contribution is -0.384. The molecule has 0 aliphatic rings. The molecule has 0 aliphatic heterocycles. The Bertz CT molecular complexity index is 464. The number of carbonyl (C=O) groups is 1. The van der Waals surface area contributed by atoms with Crippen LogP contribution in [0.3, 0.4) is 0 Å². The average molecular weight is 248 g/mol. The second kappa shape index (κ2) is 5.44. The number of nitrogens with one attached hydrogen (secondary N) is 1. The number of non-ortho nitro benzene ring substituents is 1. The number of benzene rings is 1. The number of rotatable bonds is 5. The summed E-state index contributed by atoms with van der Waals surface area (Å²) in [6.07, 6.45) is 2.04. The van der Waals surface area contributed by atoms with Crippen molar-refractivity contribution in [1.29, 1.82) is 0 Å². The van der Waals surface area contributed by atoms with Gasteiger partial charge in [0.05, 0.1) is 4.92 Å². The van der Waals surface area contributed by atoms with E-state index in [4.69, 9.17) is 0 Å². The number of hydrogen-bond acceptors (Lipinski definition) is 3. The highest BCUT2D eigenvalue weighted by Crippen LogP contribution is 2.22. The van der Waals surface area contributed by atoms with Gasteiger partial charge in [0.2, 0.25) is 5.91 Å². The molecule has 1 rings (SSSR count). The van der Waals surface area contributed by atoms with E-state index in [9.17, 15) is 14.9 Å². The lowest BCUT2D eigenvalue weighted by Crippen LogP contribution is -2.20. The van der Waals surface area contributed by atoms with E-state index >= 15 is 0 Å². The monoisotopic (exact) mass is 248 g/mol. The van der Waals surface area contributed by atoms with E-state index in [0.29, 0.717) is 12.1 Å². The maximum Gasteiger partial charge on any atom is 0.269 e. The summed E-state index contributed by atoms with van der Waals surface area (Å²) in [7, 11) is 0. The van der Waals surface area contributed by atoms with Gasteiger partial charge in [0.25, 0.3) is 5.69 Å². The Morgan fingerprint density at radius 2 is 2.00 bits per heavy atom. The number of nitro benzene ring substituents is 1. The zero-order valence-electron chi connectivity index (χ0n) is 10.5. The highest BCUT2D eigenvalue weighted by atomic mass is 16.6. The van der Waals surface area contributed by atoms with Gasteiger partial charge < -0.3 is 5.32 Å². The Hall–Kier alpha value is -2.17. The summed E-state index contributed by atoms with van der Waals surface area (Å²) in [5.74, 6) is -0.145. The predicted octanol–water partition coefficient (Wildman–Crippen LogP) is 3.14. The van der Waals surface area contributed by atoms with E-state index in [2.05, 4.69) is 11.9 Å². The number of nitrogens with zero attached hydrogens (tertiary/aromatic N) is 1. The molecule has 0 unspecified atom stereocenters. The van der Waals surface area contributed by atoms with Crippen LogP contribution >= 0.6 is 0 Å². The van der Waals surface area contributed by atoms with E-state index in [1.165, 1.54) is 24.3 Å². The fraction of sp³-hybridized carbons (Fsp3) is 0.308. The van der Waals surface area contributed by atoms with Crippen molar-refractivity contribution >= 4 is 17.3 Å². The van der Waals surface area contributed by atoms with Crippen molar-refractivity contribution in [3.05, 3.63) is 47.0 Å². The lowest BCUT2D eigenvalue weighted by atomic mass is 9.89. The van der Waals surface area contributed by atoms with Crippen LogP contribution in [0.4, 0.5) is 11.4 Å². The third-order valence-electron chi connectivity index (χ3n) is 2.53. The highest BCUT2D eigenvalue weighted by Gasteiger charge is 2.18. The summed E-state index contributed by atoms with van der Waals surface area (Å²) in [5, 5.41) is 13.2. The van der Waals surface area contributed by atoms with Crippen LogP contribution in [0.5, 0.6) is 0 Å². The van der Waals surface area contributed by atoms with Gasteiger partial charge in [-0.15, -0.1) is 6.58 Å². The number of hydrogen-bond donors (Lipinski definition) is 1. The van der Waals surface area contributed by atoms with Gasteiger partial charge in [-0.25, -0.2) is 0 Å². The number of nitro groups is 1. The van der Waals surface area contributed by atoms with Gasteiger partial charge >= 0.3 is 0 Å². The molecule has 0 atom stereocenters. The maximum atomic E-state index is 11.7. The minimum absolute atomic E-state index is 0.000537. The van der Waals surface area contributed by atoms with Crippen LogP contribution in [0.1, 0.15) is 20.3 Å². The van der Waals surface area contributed by atoms with Crippen molar-refractivity contribution in [1.82, 2.24) is 0 Å². The molecule has 0 heterocycles. The number of amides is 1. The largest absolute Gasteiger partial charge is 0.326 e. The molecular formula is C13H16N2O3. The Kier molecular flexibility index (Phi) is 4.20. The third kappa shape index (κ3) is 4.01. The molecule has 0 spiro atoms. The Labute approximate surface area is 106 Å². The highest BCUT2D eigenvalue weighted by molar-refractivity contribution is 5.91. The molecule has 0 radical (unpaired) electrons. The molecule has 0 bridgehead atoms. The minimum atomic E-state index is -0.480. The second-order valence-electron chi connectivity index (χ2n) is 4.72. The van der Waals surface area contributed by atoms with E-state index in [-0.39, 0.29) is 17.0 Å². The van der Waals surface area contributed by atoms with Gasteiger partial charge in [-0.05, 0) is 17.5 Å². The van der Waals surface area contributed by atoms with Crippen LogP contribution in [-0.4, -0.2) is 10.8 Å². The smallest absolute Gasteiger partial charge is 0.269 e. The molecule has 5 nitrogen and oxygen atoms in total. The molecule has 96 valence electrons. The molecular weight excluding hydrogens is 232 g/mol. The van der Waals surface area contributed by atoms with Gasteiger partial charge in [0, 0.05) is 24.2 Å². The minimum Gasteiger partial charge on any atom is -0.326 e. The molecule has 5 heteroatoms. The number of anilines is 1. The van der Waals surface area contributed by atoms with Gasteiger partial charge in [-0.3, -0.25) is 14.9 Å². The quantitative estimate of drug-likeness (QED) is 0.494. The molecule has 0 fully saturated rings. The van der Waals surface area contributed by atoms with Crippen LogP contribution in [0.15, 0.2) is 36.9 Å². The Morgan fingerprint density at radius 3 is 2.44 bits per heavy atom. The van der Waals surface area contributed by atoms with Crippen molar-refractivity contribution < 1.29 is 9.72 Å². The van der Waals surface area contributed by atoms with Crippen LogP contribution in [-0.2, 0) is 4.79 Å². The summed E-state index contributed by atoms with van der Waals surface area (Å²) in [6, 6.07) is 5.73. The van der Waals surface area contributed by atoms with Crippen molar-refractivity contribution in [2.24, 2.45) is 5.41 Å². The summed E-state index contributed by atoms with van der Waals surface area (Å²) in [5.41, 5.74) is 0.273. The molecule has 0 saturated heterocycles. The molecule has 0 saturated carbocycles. The molecule has 0 aromatic heterocycles. The predicted molar refractivity (Wildman–Crippen MR) is 70.3 cm³/mol. The topological polar surface area (TPSA) is 72.2 Å². The van der Waals surface area contributed by atoms with Gasteiger partial charge in [0.15, 0.2) is 0 Å². The van der Waals surface area contributed by atoms with E-state index in [1.54, 1.807) is 6.08 Å². The summed E-state index contributed by atoms with van der Waals surface area (Å²) >= 11 is 0. The summed E-state index contributed by atoms with van der Waals surface area (Å²) in [4.78, 5) is 21.7. The van der Waals surface area contributed by atoms with Crippen LogP contribution < -0.4 is 5.32 Å². The Balaban J connectivity index is 2.65.